The fraction of sp³-hybridized carbons (Fsp3) is 0.321. The third-order valence-electron chi connectivity index (χ3n) is 6.28. The number of esters is 1. The standard InChI is InChI=1S/C28H29FO4/c1-17-13-19(5-10-25(17)29)27-23-8-6-21(32-4)14-18(23)11-12-28(2,3)24(27)9-7-22-15-20(30)16-26(31)33-22/h5-14,20,22,30H,15-16H2,1-4H3/t20-,22-/m1/s1. The molecule has 0 radical (unpaired) electrons. The number of cyclic esters (lactones) is 1. The van der Waals surface area contributed by atoms with Gasteiger partial charge in [0.15, 0.2) is 0 Å². The van der Waals surface area contributed by atoms with Crippen molar-refractivity contribution < 1.29 is 23.8 Å². The second-order valence-corrected chi connectivity index (χ2v) is 9.24. The average molecular weight is 449 g/mol. The summed E-state index contributed by atoms with van der Waals surface area (Å²) >= 11 is 0. The molecule has 2 aromatic rings. The Kier molecular flexibility index (Phi) is 6.26. The van der Waals surface area contributed by atoms with Gasteiger partial charge in [-0.15, -0.1) is 0 Å². The number of carbonyl (C=O) groups excluding carboxylic acids is 1. The fourth-order valence-corrected chi connectivity index (χ4v) is 4.43. The number of ether oxygens (including phenoxy) is 2. The molecule has 0 aromatic heterocycles. The molecule has 1 aliphatic carbocycles. The van der Waals surface area contributed by atoms with Crippen molar-refractivity contribution in [3.8, 4) is 5.75 Å². The predicted molar refractivity (Wildman–Crippen MR) is 127 cm³/mol. The van der Waals surface area contributed by atoms with Gasteiger partial charge in [-0.05, 0) is 70.7 Å². The summed E-state index contributed by atoms with van der Waals surface area (Å²) in [5.41, 5.74) is 5.08. The second kappa shape index (κ2) is 8.99. The summed E-state index contributed by atoms with van der Waals surface area (Å²) in [5.74, 6) is 0.109. The number of halogens is 1. The molecule has 33 heavy (non-hydrogen) atoms. The van der Waals surface area contributed by atoms with Crippen molar-refractivity contribution in [3.05, 3.63) is 88.3 Å². The molecule has 1 N–H and O–H groups in total. The van der Waals surface area contributed by atoms with Crippen LogP contribution in [0, 0.1) is 18.2 Å². The number of rotatable bonds is 4. The molecular formula is C28H29FO4. The molecule has 0 amide bonds. The van der Waals surface area contributed by atoms with E-state index in [1.54, 1.807) is 20.1 Å². The normalized spacial score (nSPS) is 22.2. The molecule has 0 spiro atoms. The third-order valence-corrected chi connectivity index (χ3v) is 6.28. The molecule has 2 aromatic carbocycles. The number of allylic oxidation sites excluding steroid dienone is 3. The molecular weight excluding hydrogens is 419 g/mol. The molecule has 2 atom stereocenters. The van der Waals surface area contributed by atoms with Crippen LogP contribution in [0.3, 0.4) is 0 Å². The van der Waals surface area contributed by atoms with Gasteiger partial charge >= 0.3 is 5.97 Å². The van der Waals surface area contributed by atoms with Crippen LogP contribution in [0.25, 0.3) is 11.6 Å². The van der Waals surface area contributed by atoms with Crippen LogP contribution in [0.4, 0.5) is 4.39 Å². The van der Waals surface area contributed by atoms with E-state index in [-0.39, 0.29) is 17.7 Å². The lowest BCUT2D eigenvalue weighted by atomic mass is 9.78. The predicted octanol–water partition coefficient (Wildman–Crippen LogP) is 5.62. The first-order valence-corrected chi connectivity index (χ1v) is 11.1. The van der Waals surface area contributed by atoms with Crippen LogP contribution in [-0.4, -0.2) is 30.4 Å². The zero-order valence-corrected chi connectivity index (χ0v) is 19.4. The van der Waals surface area contributed by atoms with Crippen LogP contribution in [0.5, 0.6) is 5.75 Å². The summed E-state index contributed by atoms with van der Waals surface area (Å²) in [7, 11) is 1.64. The molecule has 0 bridgehead atoms. The maximum atomic E-state index is 14.1. The Morgan fingerprint density at radius 1 is 1.21 bits per heavy atom. The van der Waals surface area contributed by atoms with Crippen LogP contribution in [0.15, 0.2) is 60.2 Å². The molecule has 1 fully saturated rings. The molecule has 0 unspecified atom stereocenters. The van der Waals surface area contributed by atoms with Crippen molar-refractivity contribution in [1.82, 2.24) is 0 Å². The Labute approximate surface area is 194 Å². The lowest BCUT2D eigenvalue weighted by molar-refractivity contribution is -0.156. The first kappa shape index (κ1) is 23.0. The van der Waals surface area contributed by atoms with Gasteiger partial charge in [0.25, 0.3) is 0 Å². The lowest BCUT2D eigenvalue weighted by Gasteiger charge is -2.27. The minimum atomic E-state index is -0.704. The molecule has 4 rings (SSSR count). The van der Waals surface area contributed by atoms with Crippen molar-refractivity contribution >= 4 is 17.6 Å². The smallest absolute Gasteiger partial charge is 0.309 e. The van der Waals surface area contributed by atoms with E-state index in [1.807, 2.05) is 36.4 Å². The van der Waals surface area contributed by atoms with Crippen LogP contribution >= 0.6 is 0 Å². The lowest BCUT2D eigenvalue weighted by Crippen LogP contribution is -2.31. The number of benzene rings is 2. The van der Waals surface area contributed by atoms with E-state index in [4.69, 9.17) is 9.47 Å². The minimum absolute atomic E-state index is 0.0244. The van der Waals surface area contributed by atoms with Gasteiger partial charge in [0, 0.05) is 11.8 Å². The SMILES string of the molecule is COc1ccc2c(c1)C=CC(C)(C)C(C=C[C@@H]1C[C@@H](O)CC(=O)O1)=C2c1ccc(F)c(C)c1. The second-order valence-electron chi connectivity index (χ2n) is 9.24. The van der Waals surface area contributed by atoms with Gasteiger partial charge in [0.2, 0.25) is 0 Å². The monoisotopic (exact) mass is 448 g/mol. The number of aryl methyl sites for hydroxylation is 1. The zero-order chi connectivity index (χ0) is 23.8. The first-order valence-electron chi connectivity index (χ1n) is 11.1. The maximum Gasteiger partial charge on any atom is 0.309 e. The van der Waals surface area contributed by atoms with Gasteiger partial charge in [-0.3, -0.25) is 4.79 Å². The topological polar surface area (TPSA) is 55.8 Å². The maximum absolute atomic E-state index is 14.1. The van der Waals surface area contributed by atoms with Crippen molar-refractivity contribution in [3.63, 3.8) is 0 Å². The fourth-order valence-electron chi connectivity index (χ4n) is 4.43. The molecule has 5 heteroatoms. The summed E-state index contributed by atoms with van der Waals surface area (Å²) in [6.45, 7) is 5.99. The Balaban J connectivity index is 1.93. The highest BCUT2D eigenvalue weighted by Gasteiger charge is 2.29. The molecule has 0 saturated carbocycles. The number of aliphatic hydroxyl groups excluding tert-OH is 1. The van der Waals surface area contributed by atoms with Crippen LogP contribution in [0.2, 0.25) is 0 Å². The molecule has 1 heterocycles. The molecule has 2 aliphatic rings. The van der Waals surface area contributed by atoms with E-state index in [0.29, 0.717) is 12.0 Å². The number of hydrogen-bond acceptors (Lipinski definition) is 4. The van der Waals surface area contributed by atoms with Gasteiger partial charge in [-0.25, -0.2) is 4.39 Å². The van der Waals surface area contributed by atoms with E-state index in [0.717, 1.165) is 33.6 Å². The summed E-state index contributed by atoms with van der Waals surface area (Å²) in [6, 6.07) is 11.1. The summed E-state index contributed by atoms with van der Waals surface area (Å²) < 4.78 is 25.0. The molecule has 172 valence electrons. The quantitative estimate of drug-likeness (QED) is 0.617. The van der Waals surface area contributed by atoms with Gasteiger partial charge in [0.05, 0.1) is 19.6 Å². The van der Waals surface area contributed by atoms with Crippen LogP contribution < -0.4 is 4.74 Å². The Bertz CT molecular complexity index is 1170. The van der Waals surface area contributed by atoms with Crippen LogP contribution in [0.1, 0.15) is 48.9 Å². The summed E-state index contributed by atoms with van der Waals surface area (Å²) in [6.07, 6.45) is 7.23. The van der Waals surface area contributed by atoms with Gasteiger partial charge < -0.3 is 14.6 Å². The number of fused-ring (bicyclic) bond motifs is 1. The van der Waals surface area contributed by atoms with E-state index >= 15 is 0 Å². The molecule has 1 aliphatic heterocycles. The molecule has 4 nitrogen and oxygen atoms in total. The highest BCUT2D eigenvalue weighted by Crippen LogP contribution is 2.44. The highest BCUT2D eigenvalue weighted by atomic mass is 19.1. The first-order chi connectivity index (χ1) is 15.7. The van der Waals surface area contributed by atoms with Gasteiger partial charge in [-0.1, -0.05) is 44.2 Å². The minimum Gasteiger partial charge on any atom is -0.497 e. The number of hydrogen-bond donors (Lipinski definition) is 1. The largest absolute Gasteiger partial charge is 0.497 e. The summed E-state index contributed by atoms with van der Waals surface area (Å²) in [5, 5.41) is 10.00. The van der Waals surface area contributed by atoms with Crippen molar-refractivity contribution in [2.24, 2.45) is 5.41 Å². The van der Waals surface area contributed by atoms with Crippen LogP contribution in [-0.2, 0) is 9.53 Å². The highest BCUT2D eigenvalue weighted by molar-refractivity contribution is 5.90. The number of aliphatic hydroxyl groups is 1. The zero-order valence-electron chi connectivity index (χ0n) is 19.4. The van der Waals surface area contributed by atoms with E-state index in [9.17, 15) is 14.3 Å². The van der Waals surface area contributed by atoms with E-state index in [2.05, 4.69) is 26.0 Å². The molecule has 1 saturated heterocycles. The third kappa shape index (κ3) is 4.79. The Hall–Kier alpha value is -3.18. The Morgan fingerprint density at radius 2 is 2.00 bits per heavy atom. The van der Waals surface area contributed by atoms with E-state index < -0.39 is 18.2 Å². The van der Waals surface area contributed by atoms with Crippen molar-refractivity contribution in [1.29, 1.82) is 0 Å². The van der Waals surface area contributed by atoms with Gasteiger partial charge in [-0.2, -0.15) is 0 Å². The summed E-state index contributed by atoms with van der Waals surface area (Å²) in [4.78, 5) is 11.8. The average Bonchev–Trinajstić information content (AvgIpc) is 2.87. The Morgan fingerprint density at radius 3 is 2.70 bits per heavy atom. The van der Waals surface area contributed by atoms with Crippen molar-refractivity contribution in [2.75, 3.05) is 7.11 Å². The number of methoxy groups -OCH3 is 1. The van der Waals surface area contributed by atoms with Crippen molar-refractivity contribution in [2.45, 2.75) is 45.8 Å². The van der Waals surface area contributed by atoms with Gasteiger partial charge in [0.1, 0.15) is 17.7 Å². The number of carbonyl (C=O) groups is 1. The van der Waals surface area contributed by atoms with E-state index in [1.165, 1.54) is 6.07 Å².